The number of aromatic nitrogens is 4. The number of hydrogen-bond acceptors (Lipinski definition) is 3. The molecule has 0 saturated carbocycles. The second kappa shape index (κ2) is 3.95. The van der Waals surface area contributed by atoms with Gasteiger partial charge in [-0.05, 0) is 28.7 Å². The molecule has 0 atom stereocenters. The summed E-state index contributed by atoms with van der Waals surface area (Å²) in [6.07, 6.45) is 6.86. The first-order valence-corrected chi connectivity index (χ1v) is 5.12. The van der Waals surface area contributed by atoms with Gasteiger partial charge >= 0.3 is 0 Å². The average Bonchev–Trinajstić information content (AvgIpc) is 2.20. The van der Waals surface area contributed by atoms with E-state index in [-0.39, 0.29) is 0 Å². The highest BCUT2D eigenvalue weighted by molar-refractivity contribution is 14.1. The van der Waals surface area contributed by atoms with Crippen molar-refractivity contribution in [2.45, 2.75) is 0 Å². The van der Waals surface area contributed by atoms with Crippen molar-refractivity contribution >= 4 is 22.6 Å². The zero-order valence-corrected chi connectivity index (χ0v) is 9.71. The van der Waals surface area contributed by atoms with E-state index in [0.29, 0.717) is 0 Å². The van der Waals surface area contributed by atoms with E-state index >= 15 is 0 Å². The Bertz CT molecular complexity index is 415. The molecule has 0 fully saturated rings. The summed E-state index contributed by atoms with van der Waals surface area (Å²) in [5, 5.41) is 0. The smallest absolute Gasteiger partial charge is 0.264 e. The SMILES string of the molecule is C[n+]1cncnc1-c1ccncc1I. The summed E-state index contributed by atoms with van der Waals surface area (Å²) in [5.41, 5.74) is 1.07. The summed E-state index contributed by atoms with van der Waals surface area (Å²) in [6.45, 7) is 0. The molecule has 0 spiro atoms. The van der Waals surface area contributed by atoms with Crippen molar-refractivity contribution in [3.63, 3.8) is 0 Å². The standard InChI is InChI=1S/C9H8IN4/c1-14-6-12-5-13-9(14)7-2-3-11-4-8(7)10/h2-6H,1H3/q+1. The minimum Gasteiger partial charge on any atom is -0.264 e. The maximum absolute atomic E-state index is 4.23. The fourth-order valence-corrected chi connectivity index (χ4v) is 1.76. The van der Waals surface area contributed by atoms with Gasteiger partial charge in [0.2, 0.25) is 6.33 Å². The summed E-state index contributed by atoms with van der Waals surface area (Å²) < 4.78 is 2.97. The van der Waals surface area contributed by atoms with E-state index < -0.39 is 0 Å². The highest BCUT2D eigenvalue weighted by atomic mass is 127. The van der Waals surface area contributed by atoms with Gasteiger partial charge in [-0.1, -0.05) is 9.97 Å². The molecule has 0 aliphatic carbocycles. The van der Waals surface area contributed by atoms with Crippen molar-refractivity contribution in [1.82, 2.24) is 15.0 Å². The lowest BCUT2D eigenvalue weighted by Gasteiger charge is -2.00. The number of nitrogens with zero attached hydrogens (tertiary/aromatic N) is 4. The predicted octanol–water partition coefficient (Wildman–Crippen LogP) is 0.968. The molecule has 0 radical (unpaired) electrons. The first kappa shape index (κ1) is 9.45. The van der Waals surface area contributed by atoms with E-state index in [0.717, 1.165) is 15.0 Å². The molecule has 0 aliphatic heterocycles. The molecule has 0 aromatic carbocycles. The lowest BCUT2D eigenvalue weighted by atomic mass is 10.2. The maximum atomic E-state index is 4.23. The van der Waals surface area contributed by atoms with Gasteiger partial charge in [-0.15, -0.1) is 0 Å². The van der Waals surface area contributed by atoms with Crippen LogP contribution in [-0.4, -0.2) is 15.0 Å². The number of halogens is 1. The van der Waals surface area contributed by atoms with Gasteiger partial charge in [-0.2, -0.15) is 0 Å². The Morgan fingerprint density at radius 1 is 1.36 bits per heavy atom. The van der Waals surface area contributed by atoms with Crippen molar-refractivity contribution in [2.24, 2.45) is 7.05 Å². The Kier molecular flexibility index (Phi) is 2.67. The van der Waals surface area contributed by atoms with Gasteiger partial charge in [-0.3, -0.25) is 4.98 Å². The van der Waals surface area contributed by atoms with Gasteiger partial charge < -0.3 is 0 Å². The highest BCUT2D eigenvalue weighted by Gasteiger charge is 2.12. The minimum absolute atomic E-state index is 0.895. The molecule has 0 amide bonds. The molecule has 70 valence electrons. The van der Waals surface area contributed by atoms with Crippen molar-refractivity contribution < 1.29 is 4.57 Å². The topological polar surface area (TPSA) is 42.5 Å². The van der Waals surface area contributed by atoms with Crippen LogP contribution in [0.5, 0.6) is 0 Å². The van der Waals surface area contributed by atoms with Crippen molar-refractivity contribution in [3.8, 4) is 11.4 Å². The zero-order valence-electron chi connectivity index (χ0n) is 7.55. The molecule has 0 aliphatic rings. The van der Waals surface area contributed by atoms with E-state index in [4.69, 9.17) is 0 Å². The Balaban J connectivity index is 2.61. The summed E-state index contributed by atoms with van der Waals surface area (Å²) in [7, 11) is 1.92. The molecule has 0 saturated heterocycles. The van der Waals surface area contributed by atoms with Gasteiger partial charge in [-0.25, -0.2) is 4.57 Å². The fraction of sp³-hybridized carbons (Fsp3) is 0.111. The summed E-state index contributed by atoms with van der Waals surface area (Å²) in [6, 6.07) is 1.95. The van der Waals surface area contributed by atoms with Crippen molar-refractivity contribution in [1.29, 1.82) is 0 Å². The molecular formula is C9H8IN4+. The molecular weight excluding hydrogens is 291 g/mol. The van der Waals surface area contributed by atoms with Gasteiger partial charge in [0.15, 0.2) is 0 Å². The molecule has 0 bridgehead atoms. The van der Waals surface area contributed by atoms with Crippen LogP contribution in [0, 0.1) is 3.57 Å². The molecule has 0 unspecified atom stereocenters. The Morgan fingerprint density at radius 2 is 2.21 bits per heavy atom. The Hall–Kier alpha value is -1.11. The van der Waals surface area contributed by atoms with Crippen LogP contribution in [0.3, 0.4) is 0 Å². The first-order valence-electron chi connectivity index (χ1n) is 4.04. The number of aryl methyl sites for hydroxylation is 1. The van der Waals surface area contributed by atoms with E-state index in [1.165, 1.54) is 0 Å². The molecule has 2 aromatic heterocycles. The van der Waals surface area contributed by atoms with E-state index in [2.05, 4.69) is 37.5 Å². The maximum Gasteiger partial charge on any atom is 0.274 e. The van der Waals surface area contributed by atoms with Crippen LogP contribution in [0.15, 0.2) is 31.1 Å². The second-order valence-electron chi connectivity index (χ2n) is 2.80. The average molecular weight is 299 g/mol. The monoisotopic (exact) mass is 299 g/mol. The van der Waals surface area contributed by atoms with Crippen LogP contribution >= 0.6 is 22.6 Å². The molecule has 2 rings (SSSR count). The van der Waals surface area contributed by atoms with Crippen LogP contribution in [0.4, 0.5) is 0 Å². The van der Waals surface area contributed by atoms with Crippen LogP contribution in [0.2, 0.25) is 0 Å². The Labute approximate surface area is 95.2 Å². The summed E-state index contributed by atoms with van der Waals surface area (Å²) in [4.78, 5) is 12.2. The van der Waals surface area contributed by atoms with E-state index in [1.54, 1.807) is 18.9 Å². The predicted molar refractivity (Wildman–Crippen MR) is 59.2 cm³/mol. The van der Waals surface area contributed by atoms with Crippen molar-refractivity contribution in [3.05, 3.63) is 34.7 Å². The highest BCUT2D eigenvalue weighted by Crippen LogP contribution is 2.18. The molecule has 5 heteroatoms. The fourth-order valence-electron chi connectivity index (χ4n) is 1.18. The lowest BCUT2D eigenvalue weighted by Crippen LogP contribution is -2.32. The van der Waals surface area contributed by atoms with E-state index in [1.807, 2.05) is 23.9 Å². The number of rotatable bonds is 1. The van der Waals surface area contributed by atoms with Gasteiger partial charge in [0, 0.05) is 16.0 Å². The van der Waals surface area contributed by atoms with E-state index in [9.17, 15) is 0 Å². The molecule has 0 N–H and O–H groups in total. The minimum atomic E-state index is 0.895. The van der Waals surface area contributed by atoms with Crippen LogP contribution in [0.1, 0.15) is 0 Å². The van der Waals surface area contributed by atoms with Crippen LogP contribution < -0.4 is 4.57 Å². The third-order valence-electron chi connectivity index (χ3n) is 1.83. The van der Waals surface area contributed by atoms with Gasteiger partial charge in [0.1, 0.15) is 0 Å². The van der Waals surface area contributed by atoms with Crippen LogP contribution in [0.25, 0.3) is 11.4 Å². The number of hydrogen-bond donors (Lipinski definition) is 0. The molecule has 2 heterocycles. The summed E-state index contributed by atoms with van der Waals surface area (Å²) in [5.74, 6) is 0.895. The third-order valence-corrected chi connectivity index (χ3v) is 2.69. The third kappa shape index (κ3) is 1.72. The second-order valence-corrected chi connectivity index (χ2v) is 3.96. The number of pyridine rings is 1. The lowest BCUT2D eigenvalue weighted by molar-refractivity contribution is -0.666. The first-order chi connectivity index (χ1) is 6.79. The quantitative estimate of drug-likeness (QED) is 0.582. The van der Waals surface area contributed by atoms with Crippen molar-refractivity contribution in [2.75, 3.05) is 0 Å². The zero-order chi connectivity index (χ0) is 9.97. The summed E-state index contributed by atoms with van der Waals surface area (Å²) >= 11 is 2.24. The molecule has 2 aromatic rings. The normalized spacial score (nSPS) is 10.1. The molecule has 4 nitrogen and oxygen atoms in total. The van der Waals surface area contributed by atoms with Gasteiger partial charge in [0.05, 0.1) is 12.6 Å². The Morgan fingerprint density at radius 3 is 2.93 bits per heavy atom. The van der Waals surface area contributed by atoms with Crippen LogP contribution in [-0.2, 0) is 7.05 Å². The van der Waals surface area contributed by atoms with Gasteiger partial charge in [0.25, 0.3) is 12.2 Å². The molecule has 14 heavy (non-hydrogen) atoms. The largest absolute Gasteiger partial charge is 0.274 e.